The molecule has 0 aromatic rings. The summed E-state index contributed by atoms with van der Waals surface area (Å²) in [6.45, 7) is 2.07. The second-order valence-electron chi connectivity index (χ2n) is 4.79. The summed E-state index contributed by atoms with van der Waals surface area (Å²) in [6, 6.07) is -0.279. The Morgan fingerprint density at radius 1 is 1.06 bits per heavy atom. The zero-order valence-corrected chi connectivity index (χ0v) is 10.2. The molecule has 0 atom stereocenters. The van der Waals surface area contributed by atoms with Crippen LogP contribution in [0.2, 0.25) is 0 Å². The second kappa shape index (κ2) is 7.42. The highest BCUT2D eigenvalue weighted by atomic mass is 16.6. The maximum absolute atomic E-state index is 10.8. The van der Waals surface area contributed by atoms with Crippen molar-refractivity contribution < 1.29 is 4.92 Å². The molecule has 0 aliphatic heterocycles. The van der Waals surface area contributed by atoms with Crippen LogP contribution in [-0.2, 0) is 0 Å². The Kier molecular flexibility index (Phi) is 6.12. The van der Waals surface area contributed by atoms with Crippen LogP contribution >= 0.6 is 0 Å². The van der Waals surface area contributed by atoms with E-state index in [0.717, 1.165) is 38.5 Å². The van der Waals surface area contributed by atoms with E-state index in [-0.39, 0.29) is 11.0 Å². The van der Waals surface area contributed by atoms with Gasteiger partial charge in [0.2, 0.25) is 6.04 Å². The summed E-state index contributed by atoms with van der Waals surface area (Å²) in [4.78, 5) is 10.7. The Bertz CT molecular complexity index is 226. The van der Waals surface area contributed by atoms with Crippen LogP contribution in [0.4, 0.5) is 0 Å². The molecule has 1 aliphatic carbocycles. The summed E-state index contributed by atoms with van der Waals surface area (Å²) < 4.78 is 0. The summed E-state index contributed by atoms with van der Waals surface area (Å²) >= 11 is 0. The first-order chi connectivity index (χ1) is 7.74. The molecule has 3 nitrogen and oxygen atoms in total. The third-order valence-electron chi connectivity index (χ3n) is 3.49. The van der Waals surface area contributed by atoms with Gasteiger partial charge in [-0.3, -0.25) is 10.1 Å². The van der Waals surface area contributed by atoms with E-state index in [1.165, 1.54) is 12.8 Å². The number of hydrogen-bond acceptors (Lipinski definition) is 2. The lowest BCUT2D eigenvalue weighted by molar-refractivity contribution is -0.524. The molecule has 1 aliphatic rings. The van der Waals surface area contributed by atoms with Crippen molar-refractivity contribution in [2.24, 2.45) is 5.92 Å². The predicted octanol–water partition coefficient (Wildman–Crippen LogP) is 3.96. The molecular formula is C13H23NO2. The van der Waals surface area contributed by atoms with Gasteiger partial charge in [0.25, 0.3) is 0 Å². The van der Waals surface area contributed by atoms with Gasteiger partial charge < -0.3 is 0 Å². The normalized spacial score (nSPS) is 29.1. The molecule has 0 heterocycles. The first-order valence-corrected chi connectivity index (χ1v) is 6.50. The fourth-order valence-electron chi connectivity index (χ4n) is 2.54. The molecule has 16 heavy (non-hydrogen) atoms. The molecule has 0 aromatic heterocycles. The molecule has 0 aromatic carbocycles. The molecule has 1 saturated carbocycles. The van der Waals surface area contributed by atoms with Gasteiger partial charge in [-0.1, -0.05) is 25.0 Å². The molecule has 92 valence electrons. The lowest BCUT2D eigenvalue weighted by atomic mass is 9.91. The van der Waals surface area contributed by atoms with Crippen LogP contribution in [-0.4, -0.2) is 11.0 Å². The average Bonchev–Trinajstić information content (AvgIpc) is 2.27. The van der Waals surface area contributed by atoms with Crippen molar-refractivity contribution in [2.75, 3.05) is 0 Å². The minimum atomic E-state index is -0.279. The Morgan fingerprint density at radius 3 is 2.00 bits per heavy atom. The summed E-state index contributed by atoms with van der Waals surface area (Å²) in [6.07, 6.45) is 12.7. The SMILES string of the molecule is C/C=C\C1CCCCC([N+](=O)[O-])CCCC1. The summed E-state index contributed by atoms with van der Waals surface area (Å²) in [7, 11) is 0. The van der Waals surface area contributed by atoms with Crippen molar-refractivity contribution in [3.05, 3.63) is 22.3 Å². The van der Waals surface area contributed by atoms with Crippen LogP contribution in [0.5, 0.6) is 0 Å². The summed E-state index contributed by atoms with van der Waals surface area (Å²) in [5.41, 5.74) is 0. The second-order valence-corrected chi connectivity index (χ2v) is 4.79. The number of allylic oxidation sites excluding steroid dienone is 2. The minimum absolute atomic E-state index is 0.0783. The number of hydrogen-bond donors (Lipinski definition) is 0. The van der Waals surface area contributed by atoms with Crippen LogP contribution < -0.4 is 0 Å². The molecule has 0 spiro atoms. The van der Waals surface area contributed by atoms with Crippen molar-refractivity contribution in [1.29, 1.82) is 0 Å². The number of nitrogens with zero attached hydrogens (tertiary/aromatic N) is 1. The van der Waals surface area contributed by atoms with E-state index < -0.39 is 0 Å². The first kappa shape index (κ1) is 13.2. The van der Waals surface area contributed by atoms with Gasteiger partial charge in [-0.15, -0.1) is 0 Å². The molecule has 0 saturated heterocycles. The van der Waals surface area contributed by atoms with E-state index in [9.17, 15) is 10.1 Å². The van der Waals surface area contributed by atoms with Gasteiger partial charge in [-0.2, -0.15) is 0 Å². The molecule has 0 radical (unpaired) electrons. The van der Waals surface area contributed by atoms with Gasteiger partial charge in [0.1, 0.15) is 0 Å². The lowest BCUT2D eigenvalue weighted by Crippen LogP contribution is -2.20. The monoisotopic (exact) mass is 225 g/mol. The first-order valence-electron chi connectivity index (χ1n) is 6.50. The van der Waals surface area contributed by atoms with Crippen LogP contribution in [0.15, 0.2) is 12.2 Å². The van der Waals surface area contributed by atoms with Gasteiger partial charge in [-0.25, -0.2) is 0 Å². The van der Waals surface area contributed by atoms with Crippen LogP contribution in [0.3, 0.4) is 0 Å². The van der Waals surface area contributed by atoms with E-state index in [2.05, 4.69) is 19.1 Å². The maximum Gasteiger partial charge on any atom is 0.213 e. The fourth-order valence-corrected chi connectivity index (χ4v) is 2.54. The molecular weight excluding hydrogens is 202 g/mol. The quantitative estimate of drug-likeness (QED) is 0.405. The highest BCUT2D eigenvalue weighted by Gasteiger charge is 2.20. The van der Waals surface area contributed by atoms with Crippen molar-refractivity contribution in [2.45, 2.75) is 64.3 Å². The van der Waals surface area contributed by atoms with Crippen molar-refractivity contribution >= 4 is 0 Å². The molecule has 0 bridgehead atoms. The molecule has 0 N–H and O–H groups in total. The Labute approximate surface area is 98.1 Å². The largest absolute Gasteiger partial charge is 0.264 e. The molecule has 1 rings (SSSR count). The summed E-state index contributed by atoms with van der Waals surface area (Å²) in [5, 5.41) is 10.8. The third-order valence-corrected chi connectivity index (χ3v) is 3.49. The van der Waals surface area contributed by atoms with E-state index in [1.807, 2.05) is 0 Å². The minimum Gasteiger partial charge on any atom is -0.264 e. The van der Waals surface area contributed by atoms with Crippen LogP contribution in [0, 0.1) is 16.0 Å². The van der Waals surface area contributed by atoms with Gasteiger partial charge in [0.05, 0.1) is 0 Å². The Morgan fingerprint density at radius 2 is 1.56 bits per heavy atom. The van der Waals surface area contributed by atoms with E-state index in [4.69, 9.17) is 0 Å². The Hall–Kier alpha value is -0.860. The van der Waals surface area contributed by atoms with Crippen molar-refractivity contribution in [3.63, 3.8) is 0 Å². The van der Waals surface area contributed by atoms with Gasteiger partial charge in [0, 0.05) is 17.8 Å². The van der Waals surface area contributed by atoms with Crippen LogP contribution in [0.25, 0.3) is 0 Å². The number of rotatable bonds is 2. The smallest absolute Gasteiger partial charge is 0.213 e. The van der Waals surface area contributed by atoms with Gasteiger partial charge >= 0.3 is 0 Å². The topological polar surface area (TPSA) is 43.1 Å². The molecule has 0 unspecified atom stereocenters. The maximum atomic E-state index is 10.8. The zero-order chi connectivity index (χ0) is 11.8. The van der Waals surface area contributed by atoms with Gasteiger partial charge in [-0.05, 0) is 38.5 Å². The zero-order valence-electron chi connectivity index (χ0n) is 10.2. The highest BCUT2D eigenvalue weighted by molar-refractivity contribution is 4.85. The highest BCUT2D eigenvalue weighted by Crippen LogP contribution is 2.23. The number of nitro groups is 1. The van der Waals surface area contributed by atoms with E-state index in [1.54, 1.807) is 0 Å². The molecule has 1 fully saturated rings. The predicted molar refractivity (Wildman–Crippen MR) is 66.0 cm³/mol. The summed E-state index contributed by atoms with van der Waals surface area (Å²) in [5.74, 6) is 0.706. The van der Waals surface area contributed by atoms with E-state index in [0.29, 0.717) is 5.92 Å². The average molecular weight is 225 g/mol. The lowest BCUT2D eigenvalue weighted by Gasteiger charge is -2.16. The Balaban J connectivity index is 2.40. The standard InChI is InChI=1S/C13H23NO2/c1-2-7-12-8-3-5-10-13(14(15)16)11-6-4-9-12/h2,7,12-13H,3-6,8-11H2,1H3/b7-2-. The third kappa shape index (κ3) is 4.77. The molecule has 0 amide bonds. The van der Waals surface area contributed by atoms with Crippen molar-refractivity contribution in [3.8, 4) is 0 Å². The van der Waals surface area contributed by atoms with Gasteiger partial charge in [0.15, 0.2) is 0 Å². The fraction of sp³-hybridized carbons (Fsp3) is 0.846. The van der Waals surface area contributed by atoms with E-state index >= 15 is 0 Å². The van der Waals surface area contributed by atoms with Crippen LogP contribution in [0.1, 0.15) is 58.3 Å². The van der Waals surface area contributed by atoms with Crippen molar-refractivity contribution in [1.82, 2.24) is 0 Å². The molecule has 3 heteroatoms.